The Hall–Kier alpha value is -2.63. The number of nitrogens with zero attached hydrogens (tertiary/aromatic N) is 3. The van der Waals surface area contributed by atoms with Crippen molar-refractivity contribution < 1.29 is 9.66 Å². The maximum absolute atomic E-state index is 11.0. The summed E-state index contributed by atoms with van der Waals surface area (Å²) in [6.07, 6.45) is 3.44. The number of pyridine rings is 1. The summed E-state index contributed by atoms with van der Waals surface area (Å²) >= 11 is 0. The van der Waals surface area contributed by atoms with Gasteiger partial charge in [-0.05, 0) is 32.0 Å². The monoisotopic (exact) mass is 285 g/mol. The highest BCUT2D eigenvalue weighted by atomic mass is 16.6. The van der Waals surface area contributed by atoms with Crippen molar-refractivity contribution in [3.05, 3.63) is 52.8 Å². The molecule has 0 unspecified atom stereocenters. The molecule has 1 aromatic heterocycles. The van der Waals surface area contributed by atoms with E-state index in [0.29, 0.717) is 18.0 Å². The first kappa shape index (κ1) is 13.4. The van der Waals surface area contributed by atoms with E-state index >= 15 is 0 Å². The van der Waals surface area contributed by atoms with Crippen LogP contribution in [0.25, 0.3) is 0 Å². The fourth-order valence-corrected chi connectivity index (χ4v) is 2.46. The second-order valence-corrected chi connectivity index (χ2v) is 5.57. The molecule has 0 N–H and O–H groups in total. The van der Waals surface area contributed by atoms with Gasteiger partial charge in [0.05, 0.1) is 29.0 Å². The van der Waals surface area contributed by atoms with Gasteiger partial charge < -0.3 is 9.64 Å². The van der Waals surface area contributed by atoms with Crippen LogP contribution in [0.4, 0.5) is 17.1 Å². The number of rotatable bonds is 2. The van der Waals surface area contributed by atoms with E-state index in [4.69, 9.17) is 4.74 Å². The molecular formula is C15H15N3O3. The van der Waals surface area contributed by atoms with Crippen LogP contribution in [0, 0.1) is 10.1 Å². The zero-order valence-electron chi connectivity index (χ0n) is 11.8. The summed E-state index contributed by atoms with van der Waals surface area (Å²) in [5.41, 5.74) is 1.23. The van der Waals surface area contributed by atoms with E-state index in [2.05, 4.69) is 4.98 Å². The smallest absolute Gasteiger partial charge is 0.271 e. The van der Waals surface area contributed by atoms with Crippen LogP contribution in [0.2, 0.25) is 0 Å². The predicted molar refractivity (Wildman–Crippen MR) is 79.0 cm³/mol. The lowest BCUT2D eigenvalue weighted by Gasteiger charge is -2.40. The third kappa shape index (κ3) is 2.52. The number of fused-ring (bicyclic) bond motifs is 1. The molecule has 1 aromatic carbocycles. The number of benzene rings is 1. The number of ether oxygens (including phenoxy) is 1. The zero-order valence-corrected chi connectivity index (χ0v) is 11.8. The number of aromatic nitrogens is 1. The molecule has 0 spiro atoms. The van der Waals surface area contributed by atoms with Gasteiger partial charge in [0, 0.05) is 18.3 Å². The molecule has 2 aromatic rings. The summed E-state index contributed by atoms with van der Waals surface area (Å²) in [6, 6.07) is 8.42. The van der Waals surface area contributed by atoms with E-state index in [0.717, 1.165) is 5.69 Å². The second kappa shape index (κ2) is 4.73. The van der Waals surface area contributed by atoms with Gasteiger partial charge in [0.25, 0.3) is 5.69 Å². The molecule has 0 radical (unpaired) electrons. The molecule has 0 fully saturated rings. The Bertz CT molecular complexity index is 686. The lowest BCUT2D eigenvalue weighted by molar-refractivity contribution is -0.384. The molecule has 6 nitrogen and oxygen atoms in total. The zero-order chi connectivity index (χ0) is 15.0. The molecule has 0 atom stereocenters. The molecule has 0 aliphatic carbocycles. The molecule has 1 aliphatic heterocycles. The topological polar surface area (TPSA) is 68.5 Å². The van der Waals surface area contributed by atoms with Gasteiger partial charge in [0.1, 0.15) is 11.4 Å². The van der Waals surface area contributed by atoms with Crippen LogP contribution in [0.1, 0.15) is 13.8 Å². The quantitative estimate of drug-likeness (QED) is 0.625. The molecule has 2 heterocycles. The lowest BCUT2D eigenvalue weighted by Crippen LogP contribution is -2.44. The number of non-ortho nitro benzene ring substituents is 1. The Kier molecular flexibility index (Phi) is 3.01. The van der Waals surface area contributed by atoms with Crippen molar-refractivity contribution in [2.75, 3.05) is 11.4 Å². The number of nitro groups is 1. The maximum Gasteiger partial charge on any atom is 0.271 e. The minimum atomic E-state index is -0.401. The van der Waals surface area contributed by atoms with Crippen molar-refractivity contribution in [1.29, 1.82) is 0 Å². The molecular weight excluding hydrogens is 270 g/mol. The molecule has 21 heavy (non-hydrogen) atoms. The largest absolute Gasteiger partial charge is 0.484 e. The van der Waals surface area contributed by atoms with Crippen molar-refractivity contribution >= 4 is 17.1 Å². The fraction of sp³-hybridized carbons (Fsp3) is 0.267. The first-order chi connectivity index (χ1) is 9.96. The summed E-state index contributed by atoms with van der Waals surface area (Å²) in [5.74, 6) is 0.640. The first-order valence-electron chi connectivity index (χ1n) is 6.61. The molecule has 1 aliphatic rings. The fourth-order valence-electron chi connectivity index (χ4n) is 2.46. The standard InChI is InChI=1S/C15H15N3O3/c1-15(2)10-17(12-4-3-7-16-9-12)13-8-11(18(19)20)5-6-14(13)21-15/h3-9H,10H2,1-2H3. The van der Waals surface area contributed by atoms with Gasteiger partial charge >= 0.3 is 0 Å². The first-order valence-corrected chi connectivity index (χ1v) is 6.61. The highest BCUT2D eigenvalue weighted by molar-refractivity contribution is 5.72. The Morgan fingerprint density at radius 3 is 2.86 bits per heavy atom. The predicted octanol–water partition coefficient (Wildman–Crippen LogP) is 3.30. The van der Waals surface area contributed by atoms with E-state index in [-0.39, 0.29) is 11.3 Å². The van der Waals surface area contributed by atoms with Gasteiger partial charge in [-0.25, -0.2) is 0 Å². The van der Waals surface area contributed by atoms with Gasteiger partial charge in [-0.2, -0.15) is 0 Å². The van der Waals surface area contributed by atoms with E-state index in [9.17, 15) is 10.1 Å². The van der Waals surface area contributed by atoms with Crippen LogP contribution in [0.15, 0.2) is 42.7 Å². The lowest BCUT2D eigenvalue weighted by atomic mass is 10.0. The SMILES string of the molecule is CC1(C)CN(c2cccnc2)c2cc([N+](=O)[O-])ccc2O1. The summed E-state index contributed by atoms with van der Waals surface area (Å²) in [6.45, 7) is 4.56. The van der Waals surface area contributed by atoms with Crippen LogP contribution in [0.3, 0.4) is 0 Å². The van der Waals surface area contributed by atoms with Crippen LogP contribution in [0.5, 0.6) is 5.75 Å². The highest BCUT2D eigenvalue weighted by Gasteiger charge is 2.33. The highest BCUT2D eigenvalue weighted by Crippen LogP contribution is 2.42. The van der Waals surface area contributed by atoms with Crippen LogP contribution < -0.4 is 9.64 Å². The molecule has 0 saturated heterocycles. The normalized spacial score (nSPS) is 16.0. The molecule has 0 saturated carbocycles. The van der Waals surface area contributed by atoms with Crippen molar-refractivity contribution in [1.82, 2.24) is 4.98 Å². The minimum absolute atomic E-state index is 0.0472. The van der Waals surface area contributed by atoms with Crippen molar-refractivity contribution in [2.24, 2.45) is 0 Å². The van der Waals surface area contributed by atoms with Gasteiger partial charge in [0.2, 0.25) is 0 Å². The van der Waals surface area contributed by atoms with Gasteiger partial charge in [-0.1, -0.05) is 0 Å². The van der Waals surface area contributed by atoms with Crippen molar-refractivity contribution in [3.63, 3.8) is 0 Å². The van der Waals surface area contributed by atoms with Crippen LogP contribution in [-0.2, 0) is 0 Å². The molecule has 0 bridgehead atoms. The molecule has 3 rings (SSSR count). The molecule has 6 heteroatoms. The number of hydrogen-bond acceptors (Lipinski definition) is 5. The Morgan fingerprint density at radius 1 is 1.38 bits per heavy atom. The Labute approximate surface area is 122 Å². The van der Waals surface area contributed by atoms with E-state index < -0.39 is 4.92 Å². The van der Waals surface area contributed by atoms with Crippen LogP contribution >= 0.6 is 0 Å². The summed E-state index contributed by atoms with van der Waals surface area (Å²) in [4.78, 5) is 16.7. The number of anilines is 2. The number of nitro benzene ring substituents is 1. The van der Waals surface area contributed by atoms with Gasteiger partial charge in [-0.15, -0.1) is 0 Å². The average molecular weight is 285 g/mol. The van der Waals surface area contributed by atoms with E-state index in [1.807, 2.05) is 30.9 Å². The van der Waals surface area contributed by atoms with E-state index in [1.165, 1.54) is 12.1 Å². The third-order valence-corrected chi connectivity index (χ3v) is 3.33. The van der Waals surface area contributed by atoms with Gasteiger partial charge in [-0.3, -0.25) is 15.1 Å². The summed E-state index contributed by atoms with van der Waals surface area (Å²) < 4.78 is 5.92. The minimum Gasteiger partial charge on any atom is -0.484 e. The second-order valence-electron chi connectivity index (χ2n) is 5.57. The summed E-state index contributed by atoms with van der Waals surface area (Å²) in [5, 5.41) is 11.0. The van der Waals surface area contributed by atoms with Crippen molar-refractivity contribution in [3.8, 4) is 5.75 Å². The van der Waals surface area contributed by atoms with Gasteiger partial charge in [0.15, 0.2) is 0 Å². The number of hydrogen-bond donors (Lipinski definition) is 0. The van der Waals surface area contributed by atoms with Crippen molar-refractivity contribution in [2.45, 2.75) is 19.4 Å². The Balaban J connectivity index is 2.13. The summed E-state index contributed by atoms with van der Waals surface area (Å²) in [7, 11) is 0. The molecule has 0 amide bonds. The maximum atomic E-state index is 11.0. The average Bonchev–Trinajstić information content (AvgIpc) is 2.46. The Morgan fingerprint density at radius 2 is 2.19 bits per heavy atom. The molecule has 108 valence electrons. The van der Waals surface area contributed by atoms with E-state index in [1.54, 1.807) is 18.5 Å². The third-order valence-electron chi connectivity index (χ3n) is 3.33. The van der Waals surface area contributed by atoms with Crippen LogP contribution in [-0.4, -0.2) is 22.1 Å².